The summed E-state index contributed by atoms with van der Waals surface area (Å²) in [6, 6.07) is 0. The third kappa shape index (κ3) is 8.10. The molecule has 120 valence electrons. The zero-order valence-electron chi connectivity index (χ0n) is 13.4. The molecule has 1 rings (SSSR count). The van der Waals surface area contributed by atoms with Crippen LogP contribution < -0.4 is 10.6 Å². The third-order valence-electron chi connectivity index (χ3n) is 3.40. The van der Waals surface area contributed by atoms with E-state index in [-0.39, 0.29) is 0 Å². The molecule has 2 N–H and O–H groups in total. The first-order chi connectivity index (χ1) is 10.3. The Hall–Kier alpha value is -1.03. The van der Waals surface area contributed by atoms with Crippen LogP contribution in [0.2, 0.25) is 5.02 Å². The number of unbranched alkanes of at least 4 members (excludes halogenated alkanes) is 7. The highest BCUT2D eigenvalue weighted by Crippen LogP contribution is 2.19. The van der Waals surface area contributed by atoms with Gasteiger partial charge in [0.1, 0.15) is 10.8 Å². The second-order valence-electron chi connectivity index (χ2n) is 5.32. The van der Waals surface area contributed by atoms with Gasteiger partial charge in [0.2, 0.25) is 5.95 Å². The first-order valence-corrected chi connectivity index (χ1v) is 8.66. The van der Waals surface area contributed by atoms with Gasteiger partial charge in [-0.3, -0.25) is 0 Å². The number of hydrogen-bond donors (Lipinski definition) is 2. The smallest absolute Gasteiger partial charge is 0.224 e. The molecule has 0 aliphatic carbocycles. The molecule has 0 unspecified atom stereocenters. The number of halogens is 1. The van der Waals surface area contributed by atoms with Gasteiger partial charge < -0.3 is 10.6 Å². The molecule has 1 aromatic heterocycles. The number of hydrogen-bond acceptors (Lipinski definition) is 4. The van der Waals surface area contributed by atoms with Crippen LogP contribution in [-0.4, -0.2) is 23.1 Å². The van der Waals surface area contributed by atoms with Crippen LogP contribution in [0.3, 0.4) is 0 Å². The fourth-order valence-corrected chi connectivity index (χ4v) is 2.36. The molecular weight excluding hydrogens is 284 g/mol. The molecule has 1 aromatic rings. The van der Waals surface area contributed by atoms with Crippen LogP contribution >= 0.6 is 11.6 Å². The predicted molar refractivity (Wildman–Crippen MR) is 92.3 cm³/mol. The van der Waals surface area contributed by atoms with E-state index < -0.39 is 0 Å². The lowest BCUT2D eigenvalue weighted by molar-refractivity contribution is 0.581. The van der Waals surface area contributed by atoms with Crippen molar-refractivity contribution in [2.24, 2.45) is 0 Å². The van der Waals surface area contributed by atoms with Gasteiger partial charge in [0.15, 0.2) is 0 Å². The molecule has 5 heteroatoms. The van der Waals surface area contributed by atoms with Gasteiger partial charge in [-0.15, -0.1) is 0 Å². The van der Waals surface area contributed by atoms with Crippen LogP contribution in [-0.2, 0) is 0 Å². The molecule has 0 fully saturated rings. The zero-order valence-corrected chi connectivity index (χ0v) is 14.2. The van der Waals surface area contributed by atoms with Crippen molar-refractivity contribution in [2.45, 2.75) is 65.2 Å². The Morgan fingerprint density at radius 2 is 1.62 bits per heavy atom. The van der Waals surface area contributed by atoms with Gasteiger partial charge in [-0.25, -0.2) is 4.98 Å². The van der Waals surface area contributed by atoms with Crippen molar-refractivity contribution in [1.82, 2.24) is 9.97 Å². The Balaban J connectivity index is 2.13. The lowest BCUT2D eigenvalue weighted by atomic mass is 10.1. The second-order valence-corrected chi connectivity index (χ2v) is 5.73. The second kappa shape index (κ2) is 11.6. The summed E-state index contributed by atoms with van der Waals surface area (Å²) in [5.41, 5.74) is 0. The Morgan fingerprint density at radius 3 is 2.29 bits per heavy atom. The Morgan fingerprint density at radius 1 is 0.952 bits per heavy atom. The standard InChI is InChI=1S/C16H29ClN4/c1-3-5-6-7-8-9-10-11-12-19-15-14(17)13-20-16(21-15)18-4-2/h13H,3-12H2,1-2H3,(H2,18,19,20,21). The molecule has 0 saturated heterocycles. The fraction of sp³-hybridized carbons (Fsp3) is 0.750. The van der Waals surface area contributed by atoms with Crippen LogP contribution in [0.25, 0.3) is 0 Å². The molecule has 0 aliphatic heterocycles. The minimum atomic E-state index is 0.580. The maximum Gasteiger partial charge on any atom is 0.224 e. The van der Waals surface area contributed by atoms with Crippen molar-refractivity contribution in [3.05, 3.63) is 11.2 Å². The molecule has 0 atom stereocenters. The van der Waals surface area contributed by atoms with Crippen molar-refractivity contribution in [2.75, 3.05) is 23.7 Å². The minimum Gasteiger partial charge on any atom is -0.369 e. The Labute approximate surface area is 134 Å². The number of aromatic nitrogens is 2. The maximum atomic E-state index is 6.09. The molecule has 1 heterocycles. The van der Waals surface area contributed by atoms with Crippen molar-refractivity contribution in [3.63, 3.8) is 0 Å². The fourth-order valence-electron chi connectivity index (χ4n) is 2.20. The molecule has 0 spiro atoms. The van der Waals surface area contributed by atoms with Crippen LogP contribution in [0.4, 0.5) is 11.8 Å². The quantitative estimate of drug-likeness (QED) is 0.526. The van der Waals surface area contributed by atoms with Crippen molar-refractivity contribution < 1.29 is 0 Å². The van der Waals surface area contributed by atoms with Crippen molar-refractivity contribution in [3.8, 4) is 0 Å². The van der Waals surface area contributed by atoms with Gasteiger partial charge in [-0.2, -0.15) is 4.98 Å². The van der Waals surface area contributed by atoms with Crippen molar-refractivity contribution >= 4 is 23.4 Å². The van der Waals surface area contributed by atoms with Gasteiger partial charge in [-0.05, 0) is 13.3 Å². The highest BCUT2D eigenvalue weighted by molar-refractivity contribution is 6.32. The minimum absolute atomic E-state index is 0.580. The molecule has 0 amide bonds. The summed E-state index contributed by atoms with van der Waals surface area (Å²) in [7, 11) is 0. The SMILES string of the molecule is CCCCCCCCCCNc1nc(NCC)ncc1Cl. The average molecular weight is 313 g/mol. The van der Waals surface area contributed by atoms with Gasteiger partial charge in [0.05, 0.1) is 6.20 Å². The molecule has 4 nitrogen and oxygen atoms in total. The van der Waals surface area contributed by atoms with Gasteiger partial charge in [0.25, 0.3) is 0 Å². The van der Waals surface area contributed by atoms with E-state index in [1.165, 1.54) is 44.9 Å². The molecule has 0 aliphatic rings. The number of anilines is 2. The number of nitrogens with one attached hydrogen (secondary N) is 2. The van der Waals surface area contributed by atoms with E-state index in [2.05, 4.69) is 27.5 Å². The number of rotatable bonds is 12. The maximum absolute atomic E-state index is 6.09. The largest absolute Gasteiger partial charge is 0.369 e. The Bertz CT molecular complexity index is 385. The van der Waals surface area contributed by atoms with E-state index in [0.717, 1.165) is 25.3 Å². The van der Waals surface area contributed by atoms with E-state index >= 15 is 0 Å². The van der Waals surface area contributed by atoms with Gasteiger partial charge in [-0.1, -0.05) is 63.5 Å². The lowest BCUT2D eigenvalue weighted by Crippen LogP contribution is -2.08. The van der Waals surface area contributed by atoms with Crippen LogP contribution in [0, 0.1) is 0 Å². The lowest BCUT2D eigenvalue weighted by Gasteiger charge is -2.09. The highest BCUT2D eigenvalue weighted by Gasteiger charge is 2.04. The summed E-state index contributed by atoms with van der Waals surface area (Å²) in [6.07, 6.45) is 12.2. The third-order valence-corrected chi connectivity index (χ3v) is 3.68. The molecule has 0 radical (unpaired) electrons. The normalized spacial score (nSPS) is 10.6. The molecule has 0 aromatic carbocycles. The van der Waals surface area contributed by atoms with E-state index in [9.17, 15) is 0 Å². The topological polar surface area (TPSA) is 49.8 Å². The summed E-state index contributed by atoms with van der Waals surface area (Å²) in [4.78, 5) is 8.49. The molecule has 0 saturated carbocycles. The first-order valence-electron chi connectivity index (χ1n) is 8.28. The van der Waals surface area contributed by atoms with Crippen molar-refractivity contribution in [1.29, 1.82) is 0 Å². The van der Waals surface area contributed by atoms with E-state index in [1.807, 2.05) is 6.92 Å². The average Bonchev–Trinajstić information content (AvgIpc) is 2.49. The predicted octanol–water partition coefficient (Wildman–Crippen LogP) is 5.11. The summed E-state index contributed by atoms with van der Waals surface area (Å²) >= 11 is 6.09. The molecule has 0 bridgehead atoms. The molecule has 21 heavy (non-hydrogen) atoms. The summed E-state index contributed by atoms with van der Waals surface area (Å²) in [5.74, 6) is 1.35. The monoisotopic (exact) mass is 312 g/mol. The first kappa shape index (κ1) is 18.0. The Kier molecular flexibility index (Phi) is 9.96. The zero-order chi connectivity index (χ0) is 15.3. The van der Waals surface area contributed by atoms with Crippen LogP contribution in [0.15, 0.2) is 6.20 Å². The van der Waals surface area contributed by atoms with E-state index in [4.69, 9.17) is 11.6 Å². The number of nitrogens with zero attached hydrogens (tertiary/aromatic N) is 2. The molecular formula is C16H29ClN4. The van der Waals surface area contributed by atoms with Crippen LogP contribution in [0.1, 0.15) is 65.2 Å². The van der Waals surface area contributed by atoms with E-state index in [0.29, 0.717) is 11.0 Å². The van der Waals surface area contributed by atoms with Gasteiger partial charge >= 0.3 is 0 Å². The van der Waals surface area contributed by atoms with Gasteiger partial charge in [0, 0.05) is 13.1 Å². The summed E-state index contributed by atoms with van der Waals surface area (Å²) in [6.45, 7) is 5.99. The van der Waals surface area contributed by atoms with E-state index in [1.54, 1.807) is 6.20 Å². The van der Waals surface area contributed by atoms with Crippen LogP contribution in [0.5, 0.6) is 0 Å². The summed E-state index contributed by atoms with van der Waals surface area (Å²) in [5, 5.41) is 6.97. The summed E-state index contributed by atoms with van der Waals surface area (Å²) < 4.78 is 0. The highest BCUT2D eigenvalue weighted by atomic mass is 35.5.